The van der Waals surface area contributed by atoms with Gasteiger partial charge in [0.05, 0.1) is 0 Å². The van der Waals surface area contributed by atoms with Crippen LogP contribution in [-0.4, -0.2) is 6.61 Å². The van der Waals surface area contributed by atoms with Crippen LogP contribution in [0.1, 0.15) is 6.42 Å². The molecule has 0 aromatic carbocycles. The first-order valence-corrected chi connectivity index (χ1v) is 1.87. The summed E-state index contributed by atoms with van der Waals surface area (Å²) in [5.41, 5.74) is 0. The SMILES string of the molecule is C=C1CCOO1. The Bertz CT molecular complexity index is 59.9. The van der Waals surface area contributed by atoms with Crippen LogP contribution in [0, 0.1) is 0 Å². The van der Waals surface area contributed by atoms with Crippen molar-refractivity contribution in [3.8, 4) is 0 Å². The lowest BCUT2D eigenvalue weighted by atomic mass is 10.4. The van der Waals surface area contributed by atoms with Crippen LogP contribution in [0.5, 0.6) is 0 Å². The maximum absolute atomic E-state index is 4.46. The van der Waals surface area contributed by atoms with E-state index in [0.29, 0.717) is 6.61 Å². The van der Waals surface area contributed by atoms with E-state index in [1.807, 2.05) is 0 Å². The van der Waals surface area contributed by atoms with Gasteiger partial charge in [0.25, 0.3) is 0 Å². The molecule has 0 unspecified atom stereocenters. The Hall–Kier alpha value is -0.500. The summed E-state index contributed by atoms with van der Waals surface area (Å²) in [5, 5.41) is 0. The summed E-state index contributed by atoms with van der Waals surface area (Å²) < 4.78 is 0. The molecule has 1 heterocycles. The maximum Gasteiger partial charge on any atom is 0.137 e. The summed E-state index contributed by atoms with van der Waals surface area (Å²) in [7, 11) is 0. The highest BCUT2D eigenvalue weighted by Gasteiger charge is 2.03. The summed E-state index contributed by atoms with van der Waals surface area (Å²) in [6, 6.07) is 0. The molecule has 0 spiro atoms. The van der Waals surface area contributed by atoms with Crippen molar-refractivity contribution < 1.29 is 9.78 Å². The predicted molar refractivity (Wildman–Crippen MR) is 20.8 cm³/mol. The Morgan fingerprint density at radius 3 is 2.67 bits per heavy atom. The Balaban J connectivity index is 2.37. The Morgan fingerprint density at radius 2 is 2.50 bits per heavy atom. The van der Waals surface area contributed by atoms with Crippen LogP contribution in [0.4, 0.5) is 0 Å². The molecular weight excluding hydrogens is 80.0 g/mol. The molecule has 0 amide bonds. The molecular formula is C4H6O2. The highest BCUT2D eigenvalue weighted by Crippen LogP contribution is 2.08. The fraction of sp³-hybridized carbons (Fsp3) is 0.500. The van der Waals surface area contributed by atoms with Crippen molar-refractivity contribution in [1.29, 1.82) is 0 Å². The van der Waals surface area contributed by atoms with E-state index < -0.39 is 0 Å². The average molecular weight is 86.1 g/mol. The van der Waals surface area contributed by atoms with Crippen molar-refractivity contribution in [2.75, 3.05) is 6.61 Å². The van der Waals surface area contributed by atoms with Gasteiger partial charge in [-0.2, -0.15) is 4.89 Å². The van der Waals surface area contributed by atoms with Gasteiger partial charge >= 0.3 is 0 Å². The van der Waals surface area contributed by atoms with Gasteiger partial charge < -0.3 is 4.89 Å². The smallest absolute Gasteiger partial charge is 0.137 e. The van der Waals surface area contributed by atoms with E-state index in [-0.39, 0.29) is 0 Å². The topological polar surface area (TPSA) is 18.5 Å². The minimum Gasteiger partial charge on any atom is -0.343 e. The van der Waals surface area contributed by atoms with Gasteiger partial charge in [-0.25, -0.2) is 0 Å². The van der Waals surface area contributed by atoms with Crippen LogP contribution in [0.3, 0.4) is 0 Å². The second-order valence-electron chi connectivity index (χ2n) is 1.19. The van der Waals surface area contributed by atoms with E-state index in [0.717, 1.165) is 12.2 Å². The van der Waals surface area contributed by atoms with Crippen molar-refractivity contribution >= 4 is 0 Å². The van der Waals surface area contributed by atoms with E-state index >= 15 is 0 Å². The molecule has 1 rings (SSSR count). The molecule has 1 aliphatic rings. The standard InChI is InChI=1S/C4H6O2/c1-4-2-3-5-6-4/h1-3H2. The van der Waals surface area contributed by atoms with Crippen LogP contribution < -0.4 is 0 Å². The third-order valence-corrected chi connectivity index (χ3v) is 0.641. The Kier molecular flexibility index (Phi) is 0.801. The van der Waals surface area contributed by atoms with E-state index in [9.17, 15) is 0 Å². The largest absolute Gasteiger partial charge is 0.343 e. The van der Waals surface area contributed by atoms with Gasteiger partial charge in [0, 0.05) is 6.42 Å². The normalized spacial score (nSPS) is 21.0. The van der Waals surface area contributed by atoms with Crippen molar-refractivity contribution in [2.24, 2.45) is 0 Å². The van der Waals surface area contributed by atoms with E-state index in [1.54, 1.807) is 0 Å². The lowest BCUT2D eigenvalue weighted by Crippen LogP contribution is -1.72. The molecule has 6 heavy (non-hydrogen) atoms. The second-order valence-corrected chi connectivity index (χ2v) is 1.19. The maximum atomic E-state index is 4.46. The van der Waals surface area contributed by atoms with E-state index in [1.165, 1.54) is 0 Å². The van der Waals surface area contributed by atoms with Crippen LogP contribution >= 0.6 is 0 Å². The van der Waals surface area contributed by atoms with Crippen molar-refractivity contribution in [2.45, 2.75) is 6.42 Å². The molecule has 0 aliphatic carbocycles. The fourth-order valence-electron chi connectivity index (χ4n) is 0.322. The first-order chi connectivity index (χ1) is 2.89. The van der Waals surface area contributed by atoms with E-state index in [2.05, 4.69) is 16.4 Å². The summed E-state index contributed by atoms with van der Waals surface area (Å²) in [6.07, 6.45) is 0.847. The number of hydrogen-bond acceptors (Lipinski definition) is 2. The van der Waals surface area contributed by atoms with Crippen molar-refractivity contribution in [3.63, 3.8) is 0 Å². The summed E-state index contributed by atoms with van der Waals surface area (Å²) in [4.78, 5) is 8.92. The lowest BCUT2D eigenvalue weighted by molar-refractivity contribution is -0.223. The molecule has 0 saturated carbocycles. The van der Waals surface area contributed by atoms with Gasteiger partial charge in [-0.05, 0) is 0 Å². The summed E-state index contributed by atoms with van der Waals surface area (Å²) in [6.45, 7) is 4.17. The van der Waals surface area contributed by atoms with Crippen LogP contribution in [-0.2, 0) is 9.78 Å². The molecule has 0 aromatic heterocycles. The van der Waals surface area contributed by atoms with Gasteiger partial charge in [-0.3, -0.25) is 0 Å². The van der Waals surface area contributed by atoms with Crippen molar-refractivity contribution in [3.05, 3.63) is 12.3 Å². The predicted octanol–water partition coefficient (Wildman–Crippen LogP) is 0.852. The first-order valence-electron chi connectivity index (χ1n) is 1.87. The Morgan fingerprint density at radius 1 is 1.67 bits per heavy atom. The molecule has 0 bridgehead atoms. The highest BCUT2D eigenvalue weighted by molar-refractivity contribution is 4.82. The molecule has 2 nitrogen and oxygen atoms in total. The van der Waals surface area contributed by atoms with Crippen molar-refractivity contribution in [1.82, 2.24) is 0 Å². The number of hydrogen-bond donors (Lipinski definition) is 0. The minimum atomic E-state index is 0.666. The zero-order chi connectivity index (χ0) is 4.41. The molecule has 0 aromatic rings. The Labute approximate surface area is 36.3 Å². The summed E-state index contributed by atoms with van der Waals surface area (Å²) >= 11 is 0. The highest BCUT2D eigenvalue weighted by atomic mass is 17.2. The zero-order valence-electron chi connectivity index (χ0n) is 3.44. The second kappa shape index (κ2) is 1.30. The summed E-state index contributed by atoms with van der Waals surface area (Å²) in [5.74, 6) is 0.731. The van der Waals surface area contributed by atoms with Gasteiger partial charge in [0.1, 0.15) is 12.4 Å². The molecule has 0 N–H and O–H groups in total. The zero-order valence-corrected chi connectivity index (χ0v) is 3.44. The molecule has 1 saturated heterocycles. The third-order valence-electron chi connectivity index (χ3n) is 0.641. The van der Waals surface area contributed by atoms with Gasteiger partial charge in [-0.15, -0.1) is 0 Å². The first kappa shape index (κ1) is 3.68. The van der Waals surface area contributed by atoms with Crippen LogP contribution in [0.25, 0.3) is 0 Å². The van der Waals surface area contributed by atoms with Gasteiger partial charge in [0.15, 0.2) is 0 Å². The molecule has 0 radical (unpaired) electrons. The molecule has 1 fully saturated rings. The fourth-order valence-corrected chi connectivity index (χ4v) is 0.322. The van der Waals surface area contributed by atoms with Crippen LogP contribution in [0.15, 0.2) is 12.3 Å². The third kappa shape index (κ3) is 0.518. The number of rotatable bonds is 0. The quantitative estimate of drug-likeness (QED) is 0.407. The lowest BCUT2D eigenvalue weighted by Gasteiger charge is -1.84. The van der Waals surface area contributed by atoms with E-state index in [4.69, 9.17) is 0 Å². The minimum absolute atomic E-state index is 0.666. The van der Waals surface area contributed by atoms with Gasteiger partial charge in [-0.1, -0.05) is 6.58 Å². The van der Waals surface area contributed by atoms with Gasteiger partial charge in [0.2, 0.25) is 0 Å². The molecule has 34 valence electrons. The molecule has 0 atom stereocenters. The molecule has 1 aliphatic heterocycles. The monoisotopic (exact) mass is 86.0 g/mol. The average Bonchev–Trinajstić information content (AvgIpc) is 1.86. The van der Waals surface area contributed by atoms with Crippen LogP contribution in [0.2, 0.25) is 0 Å². The molecule has 2 heteroatoms.